The molecule has 1 aromatic heterocycles. The summed E-state index contributed by atoms with van der Waals surface area (Å²) in [6.45, 7) is 1.26. The highest BCUT2D eigenvalue weighted by atomic mass is 35.5. The maximum Gasteiger partial charge on any atom is 0.191 e. The summed E-state index contributed by atoms with van der Waals surface area (Å²) in [5.41, 5.74) is 3.17. The number of hydrogen-bond donors (Lipinski definition) is 3. The molecule has 0 aliphatic rings. The highest BCUT2D eigenvalue weighted by Gasteiger charge is 2.06. The third-order valence-electron chi connectivity index (χ3n) is 4.31. The van der Waals surface area contributed by atoms with E-state index in [2.05, 4.69) is 37.7 Å². The topological polar surface area (TPSA) is 74.3 Å². The van der Waals surface area contributed by atoms with Gasteiger partial charge >= 0.3 is 0 Å². The van der Waals surface area contributed by atoms with Crippen molar-refractivity contribution >= 4 is 17.6 Å². The summed E-state index contributed by atoms with van der Waals surface area (Å²) in [6.07, 6.45) is 2.62. The van der Waals surface area contributed by atoms with Gasteiger partial charge in [-0.3, -0.25) is 4.99 Å². The van der Waals surface area contributed by atoms with Crippen molar-refractivity contribution in [2.24, 2.45) is 4.99 Å². The number of halogens is 1. The van der Waals surface area contributed by atoms with E-state index in [1.54, 1.807) is 14.2 Å². The molecule has 0 amide bonds. The number of methoxy groups -OCH3 is 1. The third-order valence-corrected chi connectivity index (χ3v) is 4.66. The zero-order valence-corrected chi connectivity index (χ0v) is 16.8. The van der Waals surface area contributed by atoms with Crippen molar-refractivity contribution in [3.63, 3.8) is 0 Å². The highest BCUT2D eigenvalue weighted by molar-refractivity contribution is 6.31. The Balaban J connectivity index is 1.48. The lowest BCUT2D eigenvalue weighted by Gasteiger charge is -2.12. The van der Waals surface area contributed by atoms with Gasteiger partial charge in [0.2, 0.25) is 0 Å². The van der Waals surface area contributed by atoms with Gasteiger partial charge in [-0.1, -0.05) is 48.0 Å². The second-order valence-electron chi connectivity index (χ2n) is 6.17. The second-order valence-corrected chi connectivity index (χ2v) is 6.58. The molecule has 3 rings (SSSR count). The zero-order chi connectivity index (χ0) is 19.8. The Hall–Kier alpha value is -2.99. The van der Waals surface area contributed by atoms with Crippen LogP contribution in [0.1, 0.15) is 11.4 Å². The van der Waals surface area contributed by atoms with Gasteiger partial charge in [0.25, 0.3) is 0 Å². The summed E-state index contributed by atoms with van der Waals surface area (Å²) in [7, 11) is 3.37. The molecular weight excluding hydrogens is 374 g/mol. The van der Waals surface area contributed by atoms with Crippen molar-refractivity contribution in [1.82, 2.24) is 20.6 Å². The van der Waals surface area contributed by atoms with E-state index in [1.807, 2.05) is 42.6 Å². The van der Waals surface area contributed by atoms with Crippen molar-refractivity contribution in [3.8, 4) is 17.0 Å². The van der Waals surface area contributed by atoms with E-state index in [4.69, 9.17) is 16.3 Å². The molecule has 2 aromatic carbocycles. The summed E-state index contributed by atoms with van der Waals surface area (Å²) >= 11 is 6.29. The molecule has 7 heteroatoms. The van der Waals surface area contributed by atoms with Gasteiger partial charge in [0.1, 0.15) is 11.6 Å². The monoisotopic (exact) mass is 397 g/mol. The van der Waals surface area contributed by atoms with Crippen molar-refractivity contribution in [1.29, 1.82) is 0 Å². The molecule has 0 unspecified atom stereocenters. The molecular formula is C21H24ClN5O. The molecule has 0 atom stereocenters. The molecule has 28 heavy (non-hydrogen) atoms. The first-order valence-corrected chi connectivity index (χ1v) is 9.43. The van der Waals surface area contributed by atoms with Crippen LogP contribution in [0.5, 0.6) is 5.75 Å². The number of benzene rings is 2. The van der Waals surface area contributed by atoms with Gasteiger partial charge in [0.05, 0.1) is 25.5 Å². The van der Waals surface area contributed by atoms with Crippen LogP contribution in [0.2, 0.25) is 5.02 Å². The fraction of sp³-hybridized carbons (Fsp3) is 0.238. The molecule has 0 radical (unpaired) electrons. The van der Waals surface area contributed by atoms with E-state index in [1.165, 1.54) is 0 Å². The van der Waals surface area contributed by atoms with Crippen LogP contribution in [0.25, 0.3) is 11.3 Å². The number of imidazole rings is 1. The second kappa shape index (κ2) is 9.80. The molecule has 146 valence electrons. The summed E-state index contributed by atoms with van der Waals surface area (Å²) < 4.78 is 5.18. The molecule has 0 saturated carbocycles. The number of rotatable bonds is 7. The van der Waals surface area contributed by atoms with Crippen LogP contribution in [0.3, 0.4) is 0 Å². The first-order valence-electron chi connectivity index (χ1n) is 9.06. The van der Waals surface area contributed by atoms with E-state index >= 15 is 0 Å². The minimum absolute atomic E-state index is 0.551. The molecule has 6 nitrogen and oxygen atoms in total. The van der Waals surface area contributed by atoms with Crippen LogP contribution in [0.15, 0.2) is 59.7 Å². The lowest BCUT2D eigenvalue weighted by molar-refractivity contribution is 0.414. The van der Waals surface area contributed by atoms with E-state index in [0.717, 1.165) is 34.8 Å². The Bertz CT molecular complexity index is 924. The predicted octanol–water partition coefficient (Wildman–Crippen LogP) is 3.65. The van der Waals surface area contributed by atoms with Gasteiger partial charge in [0.15, 0.2) is 5.96 Å². The van der Waals surface area contributed by atoms with Crippen molar-refractivity contribution in [3.05, 3.63) is 71.1 Å². The molecule has 3 aromatic rings. The van der Waals surface area contributed by atoms with E-state index in [-0.39, 0.29) is 0 Å². The Morgan fingerprint density at radius 2 is 2.00 bits per heavy atom. The maximum atomic E-state index is 6.29. The standard InChI is InChI=1S/C21H24ClN5O/c1-23-21(24-11-10-15-8-9-17(28-2)12-18(15)22)26-14-20-25-13-19(27-20)16-6-4-3-5-7-16/h3-9,12-13H,10-11,14H2,1-2H3,(H,25,27)(H2,23,24,26). The number of H-pyrrole nitrogens is 1. The van der Waals surface area contributed by atoms with E-state index in [9.17, 15) is 0 Å². The quantitative estimate of drug-likeness (QED) is 0.420. The van der Waals surface area contributed by atoms with Gasteiger partial charge in [-0.2, -0.15) is 0 Å². The summed E-state index contributed by atoms with van der Waals surface area (Å²) in [5, 5.41) is 7.25. The van der Waals surface area contributed by atoms with Crippen LogP contribution in [0.4, 0.5) is 0 Å². The molecule has 1 heterocycles. The van der Waals surface area contributed by atoms with Gasteiger partial charge < -0.3 is 20.4 Å². The zero-order valence-electron chi connectivity index (χ0n) is 16.0. The normalized spacial score (nSPS) is 11.3. The third kappa shape index (κ3) is 5.27. The minimum atomic E-state index is 0.551. The van der Waals surface area contributed by atoms with E-state index < -0.39 is 0 Å². The van der Waals surface area contributed by atoms with Gasteiger partial charge in [-0.05, 0) is 29.7 Å². The Morgan fingerprint density at radius 1 is 1.18 bits per heavy atom. The first kappa shape index (κ1) is 19.8. The molecule has 0 aliphatic carbocycles. The molecule has 0 bridgehead atoms. The number of nitrogens with one attached hydrogen (secondary N) is 3. The minimum Gasteiger partial charge on any atom is -0.497 e. The van der Waals surface area contributed by atoms with Crippen LogP contribution in [-0.2, 0) is 13.0 Å². The SMILES string of the molecule is CN=C(NCCc1ccc(OC)cc1Cl)NCc1ncc(-c2ccccc2)[nH]1. The average Bonchev–Trinajstić information content (AvgIpc) is 3.21. The van der Waals surface area contributed by atoms with Crippen molar-refractivity contribution in [2.45, 2.75) is 13.0 Å². The fourth-order valence-corrected chi connectivity index (χ4v) is 3.04. The smallest absolute Gasteiger partial charge is 0.191 e. The van der Waals surface area contributed by atoms with Crippen LogP contribution in [-0.4, -0.2) is 36.6 Å². The fourth-order valence-electron chi connectivity index (χ4n) is 2.78. The van der Waals surface area contributed by atoms with Crippen LogP contribution >= 0.6 is 11.6 Å². The van der Waals surface area contributed by atoms with Gasteiger partial charge in [0, 0.05) is 18.6 Å². The molecule has 0 aliphatic heterocycles. The van der Waals surface area contributed by atoms with Gasteiger partial charge in [-0.25, -0.2) is 4.98 Å². The van der Waals surface area contributed by atoms with Crippen LogP contribution in [0, 0.1) is 0 Å². The average molecular weight is 398 g/mol. The highest BCUT2D eigenvalue weighted by Crippen LogP contribution is 2.22. The molecule has 3 N–H and O–H groups in total. The number of guanidine groups is 1. The molecule has 0 spiro atoms. The molecule has 0 saturated heterocycles. The Morgan fingerprint density at radius 3 is 2.71 bits per heavy atom. The number of aliphatic imine (C=N–C) groups is 1. The predicted molar refractivity (Wildman–Crippen MR) is 114 cm³/mol. The first-order chi connectivity index (χ1) is 13.7. The maximum absolute atomic E-state index is 6.29. The Labute approximate surface area is 170 Å². The summed E-state index contributed by atoms with van der Waals surface area (Å²) in [5.74, 6) is 2.31. The van der Waals surface area contributed by atoms with Crippen LogP contribution < -0.4 is 15.4 Å². The Kier molecular flexibility index (Phi) is 6.92. The number of hydrogen-bond acceptors (Lipinski definition) is 3. The van der Waals surface area contributed by atoms with Gasteiger partial charge in [-0.15, -0.1) is 0 Å². The van der Waals surface area contributed by atoms with E-state index in [0.29, 0.717) is 24.1 Å². The lowest BCUT2D eigenvalue weighted by atomic mass is 10.1. The number of aromatic amines is 1. The molecule has 0 fully saturated rings. The summed E-state index contributed by atoms with van der Waals surface area (Å²) in [6, 6.07) is 15.8. The van der Waals surface area contributed by atoms with Crippen molar-refractivity contribution < 1.29 is 4.74 Å². The summed E-state index contributed by atoms with van der Waals surface area (Å²) in [4.78, 5) is 12.0. The number of nitrogens with zero attached hydrogens (tertiary/aromatic N) is 2. The largest absolute Gasteiger partial charge is 0.497 e. The van der Waals surface area contributed by atoms with Crippen molar-refractivity contribution in [2.75, 3.05) is 20.7 Å². The lowest BCUT2D eigenvalue weighted by Crippen LogP contribution is -2.38. The number of aromatic nitrogens is 2. The number of ether oxygens (including phenoxy) is 1.